The summed E-state index contributed by atoms with van der Waals surface area (Å²) in [5.41, 5.74) is 10.8. The van der Waals surface area contributed by atoms with Crippen LogP contribution in [0.4, 0.5) is 0 Å². The van der Waals surface area contributed by atoms with Crippen LogP contribution in [0.5, 0.6) is 0 Å². The maximum absolute atomic E-state index is 5.51. The predicted octanol–water partition coefficient (Wildman–Crippen LogP) is -0.352. The first-order valence-electron chi connectivity index (χ1n) is 3.93. The summed E-state index contributed by atoms with van der Waals surface area (Å²) in [5.74, 6) is 0.508. The molecule has 0 aromatic heterocycles. The van der Waals surface area contributed by atoms with Crippen molar-refractivity contribution < 1.29 is 0 Å². The van der Waals surface area contributed by atoms with Gasteiger partial charge in [-0.2, -0.15) is 0 Å². The SMILES string of the molecule is CC(C)NC(N)=NCCCN. The van der Waals surface area contributed by atoms with Gasteiger partial charge in [0.2, 0.25) is 0 Å². The van der Waals surface area contributed by atoms with E-state index < -0.39 is 0 Å². The van der Waals surface area contributed by atoms with Gasteiger partial charge in [0, 0.05) is 12.6 Å². The van der Waals surface area contributed by atoms with Gasteiger partial charge >= 0.3 is 0 Å². The monoisotopic (exact) mass is 158 g/mol. The van der Waals surface area contributed by atoms with Crippen molar-refractivity contribution in [3.05, 3.63) is 0 Å². The van der Waals surface area contributed by atoms with Crippen molar-refractivity contribution in [1.29, 1.82) is 0 Å². The molecule has 0 bridgehead atoms. The third kappa shape index (κ3) is 7.12. The Morgan fingerprint density at radius 3 is 2.64 bits per heavy atom. The fourth-order valence-electron chi connectivity index (χ4n) is 0.632. The lowest BCUT2D eigenvalue weighted by atomic mass is 10.4. The van der Waals surface area contributed by atoms with E-state index in [1.54, 1.807) is 0 Å². The molecule has 11 heavy (non-hydrogen) atoms. The molecule has 0 heterocycles. The van der Waals surface area contributed by atoms with Gasteiger partial charge < -0.3 is 16.8 Å². The highest BCUT2D eigenvalue weighted by Gasteiger charge is 1.92. The van der Waals surface area contributed by atoms with E-state index in [1.165, 1.54) is 0 Å². The van der Waals surface area contributed by atoms with E-state index in [9.17, 15) is 0 Å². The highest BCUT2D eigenvalue weighted by Crippen LogP contribution is 1.78. The van der Waals surface area contributed by atoms with Crippen LogP contribution in [0.1, 0.15) is 20.3 Å². The first-order valence-corrected chi connectivity index (χ1v) is 3.93. The van der Waals surface area contributed by atoms with Gasteiger partial charge in [0.15, 0.2) is 5.96 Å². The Morgan fingerprint density at radius 1 is 1.55 bits per heavy atom. The van der Waals surface area contributed by atoms with Crippen LogP contribution < -0.4 is 16.8 Å². The van der Waals surface area contributed by atoms with E-state index in [-0.39, 0.29) is 0 Å². The molecular formula is C7H18N4. The fraction of sp³-hybridized carbons (Fsp3) is 0.857. The largest absolute Gasteiger partial charge is 0.370 e. The molecule has 0 amide bonds. The van der Waals surface area contributed by atoms with Gasteiger partial charge in [0.25, 0.3) is 0 Å². The minimum atomic E-state index is 0.344. The molecule has 0 fully saturated rings. The summed E-state index contributed by atoms with van der Waals surface area (Å²) in [6, 6.07) is 0.344. The number of rotatable bonds is 4. The second kappa shape index (κ2) is 5.97. The molecule has 0 saturated heterocycles. The van der Waals surface area contributed by atoms with Crippen LogP contribution in [0.3, 0.4) is 0 Å². The summed E-state index contributed by atoms with van der Waals surface area (Å²) < 4.78 is 0. The quantitative estimate of drug-likeness (QED) is 0.297. The molecule has 0 radical (unpaired) electrons. The number of hydrogen-bond donors (Lipinski definition) is 3. The third-order valence-electron chi connectivity index (χ3n) is 1.08. The second-order valence-corrected chi connectivity index (χ2v) is 2.71. The molecule has 0 spiro atoms. The number of nitrogens with one attached hydrogen (secondary N) is 1. The van der Waals surface area contributed by atoms with E-state index in [1.807, 2.05) is 13.8 Å². The summed E-state index contributed by atoms with van der Waals surface area (Å²) >= 11 is 0. The van der Waals surface area contributed by atoms with E-state index in [0.717, 1.165) is 6.42 Å². The molecular weight excluding hydrogens is 140 g/mol. The Balaban J connectivity index is 3.46. The lowest BCUT2D eigenvalue weighted by molar-refractivity contribution is 0.720. The molecule has 0 saturated carbocycles. The summed E-state index contributed by atoms with van der Waals surface area (Å²) in [6.45, 7) is 5.41. The first kappa shape index (κ1) is 10.2. The number of aliphatic imine (C=N–C) groups is 1. The van der Waals surface area contributed by atoms with Gasteiger partial charge in [-0.15, -0.1) is 0 Å². The third-order valence-corrected chi connectivity index (χ3v) is 1.08. The topological polar surface area (TPSA) is 76.4 Å². The Morgan fingerprint density at radius 2 is 2.18 bits per heavy atom. The molecule has 4 nitrogen and oxygen atoms in total. The van der Waals surface area contributed by atoms with Gasteiger partial charge in [-0.25, -0.2) is 0 Å². The highest BCUT2D eigenvalue weighted by atomic mass is 15.1. The number of guanidine groups is 1. The lowest BCUT2D eigenvalue weighted by Crippen LogP contribution is -2.36. The van der Waals surface area contributed by atoms with Gasteiger partial charge in [0.1, 0.15) is 0 Å². The van der Waals surface area contributed by atoms with Crippen molar-refractivity contribution in [3.63, 3.8) is 0 Å². The summed E-state index contributed by atoms with van der Waals surface area (Å²) in [6.07, 6.45) is 0.889. The second-order valence-electron chi connectivity index (χ2n) is 2.71. The molecule has 0 atom stereocenters. The summed E-state index contributed by atoms with van der Waals surface area (Å²) in [5, 5.41) is 2.99. The van der Waals surface area contributed by atoms with Crippen molar-refractivity contribution in [2.24, 2.45) is 16.5 Å². The van der Waals surface area contributed by atoms with Crippen LogP contribution in [0, 0.1) is 0 Å². The average Bonchev–Trinajstić information content (AvgIpc) is 1.86. The van der Waals surface area contributed by atoms with E-state index in [0.29, 0.717) is 25.1 Å². The molecule has 5 N–H and O–H groups in total. The first-order chi connectivity index (χ1) is 5.16. The molecule has 0 aliphatic heterocycles. The average molecular weight is 158 g/mol. The molecule has 0 aliphatic carbocycles. The summed E-state index contributed by atoms with van der Waals surface area (Å²) in [7, 11) is 0. The molecule has 0 rings (SSSR count). The van der Waals surface area contributed by atoms with Crippen LogP contribution in [-0.4, -0.2) is 25.1 Å². The smallest absolute Gasteiger partial charge is 0.188 e. The van der Waals surface area contributed by atoms with E-state index in [2.05, 4.69) is 10.3 Å². The minimum Gasteiger partial charge on any atom is -0.370 e. The molecule has 66 valence electrons. The Hall–Kier alpha value is -0.770. The minimum absolute atomic E-state index is 0.344. The van der Waals surface area contributed by atoms with Gasteiger partial charge in [-0.05, 0) is 26.8 Å². The van der Waals surface area contributed by atoms with Crippen molar-refractivity contribution in [3.8, 4) is 0 Å². The lowest BCUT2D eigenvalue weighted by Gasteiger charge is -2.07. The number of hydrogen-bond acceptors (Lipinski definition) is 2. The number of nitrogens with two attached hydrogens (primary N) is 2. The standard InChI is InChI=1S/C7H18N4/c1-6(2)11-7(9)10-5-3-4-8/h6H,3-5,8H2,1-2H3,(H3,9,10,11). The Labute approximate surface area is 68.1 Å². The zero-order chi connectivity index (χ0) is 8.69. The van der Waals surface area contributed by atoms with Crippen LogP contribution in [0.15, 0.2) is 4.99 Å². The van der Waals surface area contributed by atoms with Crippen LogP contribution in [0.25, 0.3) is 0 Å². The van der Waals surface area contributed by atoms with Crippen LogP contribution in [0.2, 0.25) is 0 Å². The normalized spacial score (nSPS) is 12.2. The van der Waals surface area contributed by atoms with Crippen molar-refractivity contribution >= 4 is 5.96 Å². The van der Waals surface area contributed by atoms with E-state index >= 15 is 0 Å². The maximum atomic E-state index is 5.51. The predicted molar refractivity (Wildman–Crippen MR) is 48.4 cm³/mol. The zero-order valence-corrected chi connectivity index (χ0v) is 7.30. The van der Waals surface area contributed by atoms with Crippen LogP contribution in [-0.2, 0) is 0 Å². The molecule has 0 aromatic rings. The maximum Gasteiger partial charge on any atom is 0.188 e. The van der Waals surface area contributed by atoms with Crippen molar-refractivity contribution in [2.75, 3.05) is 13.1 Å². The van der Waals surface area contributed by atoms with Gasteiger partial charge in [-0.1, -0.05) is 0 Å². The van der Waals surface area contributed by atoms with Gasteiger partial charge in [0.05, 0.1) is 0 Å². The molecule has 4 heteroatoms. The summed E-state index contributed by atoms with van der Waals surface area (Å²) in [4.78, 5) is 4.06. The van der Waals surface area contributed by atoms with E-state index in [4.69, 9.17) is 11.5 Å². The van der Waals surface area contributed by atoms with Crippen molar-refractivity contribution in [2.45, 2.75) is 26.3 Å². The highest BCUT2D eigenvalue weighted by molar-refractivity contribution is 5.77. The Bertz CT molecular complexity index is 120. The molecule has 0 aliphatic rings. The fourth-order valence-corrected chi connectivity index (χ4v) is 0.632. The number of nitrogens with zero attached hydrogens (tertiary/aromatic N) is 1. The van der Waals surface area contributed by atoms with Gasteiger partial charge in [-0.3, -0.25) is 4.99 Å². The zero-order valence-electron chi connectivity index (χ0n) is 7.30. The van der Waals surface area contributed by atoms with Crippen molar-refractivity contribution in [1.82, 2.24) is 5.32 Å². The molecule has 0 aromatic carbocycles. The van der Waals surface area contributed by atoms with Crippen LogP contribution >= 0.6 is 0 Å². The Kier molecular flexibility index (Phi) is 5.56. The molecule has 0 unspecified atom stereocenters.